The molecule has 5 heteroatoms. The van der Waals surface area contributed by atoms with Gasteiger partial charge in [0.1, 0.15) is 6.04 Å². The lowest BCUT2D eigenvalue weighted by molar-refractivity contribution is -0.147. The Balaban J connectivity index is 2.13. The van der Waals surface area contributed by atoms with Gasteiger partial charge in [-0.15, -0.1) is 0 Å². The Morgan fingerprint density at radius 1 is 1.25 bits per heavy atom. The molecule has 5 nitrogen and oxygen atoms in total. The van der Waals surface area contributed by atoms with E-state index in [1.165, 1.54) is 0 Å². The molecule has 2 rings (SSSR count). The standard InChI is InChI=1S/C11H18N2O3/c12-10(14)8-3-1-2-6-13(8)9(11(15)16)7-4-5-7/h7-9H,1-6H2,(H2,12,14)(H,15,16). The predicted octanol–water partition coefficient (Wildman–Crippen LogP) is 0.189. The highest BCUT2D eigenvalue weighted by Crippen LogP contribution is 2.37. The first kappa shape index (κ1) is 11.4. The van der Waals surface area contributed by atoms with Crippen molar-refractivity contribution < 1.29 is 14.7 Å². The number of carboxylic acid groups (broad SMARTS) is 1. The van der Waals surface area contributed by atoms with Gasteiger partial charge in [-0.3, -0.25) is 14.5 Å². The molecule has 1 aliphatic heterocycles. The summed E-state index contributed by atoms with van der Waals surface area (Å²) in [6.07, 6.45) is 4.53. The van der Waals surface area contributed by atoms with Gasteiger partial charge in [0.25, 0.3) is 0 Å². The number of nitrogens with two attached hydrogens (primary N) is 1. The third-order valence-electron chi connectivity index (χ3n) is 3.55. The molecule has 2 atom stereocenters. The number of nitrogens with zero attached hydrogens (tertiary/aromatic N) is 1. The lowest BCUT2D eigenvalue weighted by atomic mass is 9.97. The fraction of sp³-hybridized carbons (Fsp3) is 0.818. The minimum atomic E-state index is -0.810. The number of primary amides is 1. The highest BCUT2D eigenvalue weighted by Gasteiger charge is 2.44. The molecule has 0 aromatic carbocycles. The monoisotopic (exact) mass is 226 g/mol. The lowest BCUT2D eigenvalue weighted by Gasteiger charge is -2.37. The first-order valence-corrected chi connectivity index (χ1v) is 5.89. The molecule has 0 bridgehead atoms. The summed E-state index contributed by atoms with van der Waals surface area (Å²) < 4.78 is 0. The van der Waals surface area contributed by atoms with E-state index in [2.05, 4.69) is 0 Å². The number of piperidine rings is 1. The van der Waals surface area contributed by atoms with Crippen molar-refractivity contribution in [1.29, 1.82) is 0 Å². The van der Waals surface area contributed by atoms with Crippen molar-refractivity contribution in [2.24, 2.45) is 11.7 Å². The molecule has 16 heavy (non-hydrogen) atoms. The van der Waals surface area contributed by atoms with E-state index in [0.29, 0.717) is 13.0 Å². The Labute approximate surface area is 94.6 Å². The molecule has 1 saturated heterocycles. The number of hydrogen-bond donors (Lipinski definition) is 2. The largest absolute Gasteiger partial charge is 0.480 e. The van der Waals surface area contributed by atoms with Crippen molar-refractivity contribution in [3.63, 3.8) is 0 Å². The predicted molar refractivity (Wildman–Crippen MR) is 57.7 cm³/mol. The maximum atomic E-state index is 11.3. The second-order valence-electron chi connectivity index (χ2n) is 4.77. The second-order valence-corrected chi connectivity index (χ2v) is 4.77. The number of hydrogen-bond acceptors (Lipinski definition) is 3. The number of amides is 1. The molecular formula is C11H18N2O3. The maximum absolute atomic E-state index is 11.3. The molecule has 1 heterocycles. The molecule has 1 saturated carbocycles. The third-order valence-corrected chi connectivity index (χ3v) is 3.55. The maximum Gasteiger partial charge on any atom is 0.321 e. The van der Waals surface area contributed by atoms with Gasteiger partial charge in [0.2, 0.25) is 5.91 Å². The fourth-order valence-corrected chi connectivity index (χ4v) is 2.62. The van der Waals surface area contributed by atoms with E-state index in [-0.39, 0.29) is 17.9 Å². The highest BCUT2D eigenvalue weighted by atomic mass is 16.4. The molecule has 2 unspecified atom stereocenters. The van der Waals surface area contributed by atoms with Gasteiger partial charge in [-0.25, -0.2) is 0 Å². The van der Waals surface area contributed by atoms with Crippen LogP contribution in [-0.4, -0.2) is 40.5 Å². The topological polar surface area (TPSA) is 83.6 Å². The Morgan fingerprint density at radius 3 is 2.44 bits per heavy atom. The SMILES string of the molecule is NC(=O)C1CCCCN1C(C(=O)O)C1CC1. The van der Waals surface area contributed by atoms with Gasteiger partial charge in [-0.1, -0.05) is 6.42 Å². The van der Waals surface area contributed by atoms with E-state index in [1.54, 1.807) is 0 Å². The molecule has 3 N–H and O–H groups in total. The van der Waals surface area contributed by atoms with E-state index in [9.17, 15) is 14.7 Å². The van der Waals surface area contributed by atoms with E-state index in [4.69, 9.17) is 5.73 Å². The van der Waals surface area contributed by atoms with Gasteiger partial charge in [0.05, 0.1) is 6.04 Å². The van der Waals surface area contributed by atoms with E-state index < -0.39 is 12.0 Å². The van der Waals surface area contributed by atoms with Gasteiger partial charge in [0, 0.05) is 0 Å². The quantitative estimate of drug-likeness (QED) is 0.716. The third kappa shape index (κ3) is 2.19. The van der Waals surface area contributed by atoms with Crippen LogP contribution in [0.1, 0.15) is 32.1 Å². The molecule has 0 spiro atoms. The number of carboxylic acids is 1. The van der Waals surface area contributed by atoms with Crippen molar-refractivity contribution in [2.45, 2.75) is 44.2 Å². The van der Waals surface area contributed by atoms with Crippen LogP contribution >= 0.6 is 0 Å². The van der Waals surface area contributed by atoms with Gasteiger partial charge in [-0.05, 0) is 38.1 Å². The minimum Gasteiger partial charge on any atom is -0.480 e. The van der Waals surface area contributed by atoms with Gasteiger partial charge in [0.15, 0.2) is 0 Å². The molecule has 0 radical (unpaired) electrons. The molecule has 2 aliphatic rings. The zero-order chi connectivity index (χ0) is 11.7. The number of carbonyl (C=O) groups excluding carboxylic acids is 1. The summed E-state index contributed by atoms with van der Waals surface area (Å²) in [7, 11) is 0. The summed E-state index contributed by atoms with van der Waals surface area (Å²) in [5, 5.41) is 9.24. The average Bonchev–Trinajstić information content (AvgIpc) is 3.02. The van der Waals surface area contributed by atoms with Crippen LogP contribution in [0.4, 0.5) is 0 Å². The molecule has 0 aromatic heterocycles. The average molecular weight is 226 g/mol. The van der Waals surface area contributed by atoms with Crippen LogP contribution in [0.3, 0.4) is 0 Å². The van der Waals surface area contributed by atoms with Gasteiger partial charge in [-0.2, -0.15) is 0 Å². The van der Waals surface area contributed by atoms with Crippen molar-refractivity contribution >= 4 is 11.9 Å². The molecule has 2 fully saturated rings. The van der Waals surface area contributed by atoms with E-state index >= 15 is 0 Å². The van der Waals surface area contributed by atoms with Crippen molar-refractivity contribution in [3.05, 3.63) is 0 Å². The van der Waals surface area contributed by atoms with Crippen molar-refractivity contribution in [3.8, 4) is 0 Å². The summed E-state index contributed by atoms with van der Waals surface area (Å²) in [5.74, 6) is -0.972. The van der Waals surface area contributed by atoms with Crippen LogP contribution in [-0.2, 0) is 9.59 Å². The fourth-order valence-electron chi connectivity index (χ4n) is 2.62. The molecule has 1 aliphatic carbocycles. The number of carbonyl (C=O) groups is 2. The van der Waals surface area contributed by atoms with Gasteiger partial charge < -0.3 is 10.8 Å². The number of likely N-dealkylation sites (tertiary alicyclic amines) is 1. The summed E-state index contributed by atoms with van der Waals surface area (Å²) >= 11 is 0. The van der Waals surface area contributed by atoms with E-state index in [0.717, 1.165) is 25.7 Å². The van der Waals surface area contributed by atoms with Crippen LogP contribution in [0.5, 0.6) is 0 Å². The smallest absolute Gasteiger partial charge is 0.321 e. The molecule has 90 valence electrons. The van der Waals surface area contributed by atoms with Crippen LogP contribution in [0.25, 0.3) is 0 Å². The first-order chi connectivity index (χ1) is 7.61. The summed E-state index contributed by atoms with van der Waals surface area (Å²) in [5.41, 5.74) is 5.34. The van der Waals surface area contributed by atoms with Crippen LogP contribution in [0.2, 0.25) is 0 Å². The zero-order valence-electron chi connectivity index (χ0n) is 9.26. The summed E-state index contributed by atoms with van der Waals surface area (Å²) in [4.78, 5) is 24.4. The molecule has 0 aromatic rings. The highest BCUT2D eigenvalue weighted by molar-refractivity contribution is 5.82. The van der Waals surface area contributed by atoms with Crippen molar-refractivity contribution in [2.75, 3.05) is 6.54 Å². The van der Waals surface area contributed by atoms with Crippen LogP contribution in [0.15, 0.2) is 0 Å². The minimum absolute atomic E-state index is 0.220. The Hall–Kier alpha value is -1.10. The lowest BCUT2D eigenvalue weighted by Crippen LogP contribution is -2.55. The van der Waals surface area contributed by atoms with Gasteiger partial charge >= 0.3 is 5.97 Å². The second kappa shape index (κ2) is 4.41. The molecule has 1 amide bonds. The normalized spacial score (nSPS) is 28.6. The Kier molecular flexibility index (Phi) is 3.14. The zero-order valence-corrected chi connectivity index (χ0v) is 9.26. The van der Waals surface area contributed by atoms with E-state index in [1.807, 2.05) is 4.90 Å². The van der Waals surface area contributed by atoms with Crippen LogP contribution < -0.4 is 5.73 Å². The van der Waals surface area contributed by atoms with Crippen molar-refractivity contribution in [1.82, 2.24) is 4.90 Å². The Morgan fingerprint density at radius 2 is 1.94 bits per heavy atom. The Bertz CT molecular complexity index is 302. The molecular weight excluding hydrogens is 208 g/mol. The number of rotatable bonds is 4. The van der Waals surface area contributed by atoms with Crippen LogP contribution in [0, 0.1) is 5.92 Å². The summed E-state index contributed by atoms with van der Waals surface area (Å²) in [6, 6.07) is -0.881. The summed E-state index contributed by atoms with van der Waals surface area (Å²) in [6.45, 7) is 0.682. The number of aliphatic carboxylic acids is 1. The first-order valence-electron chi connectivity index (χ1n) is 5.89.